The van der Waals surface area contributed by atoms with Gasteiger partial charge in [-0.3, -0.25) is 4.98 Å². The first-order valence-corrected chi connectivity index (χ1v) is 10.5. The first kappa shape index (κ1) is 19.1. The fraction of sp³-hybridized carbons (Fsp3) is 0.444. The minimum atomic E-state index is -3.85. The van der Waals surface area contributed by atoms with Crippen LogP contribution in [0.5, 0.6) is 0 Å². The fourth-order valence-electron chi connectivity index (χ4n) is 3.55. The number of carbonyl (C=O) groups excluding carboxylic acids is 1. The predicted molar refractivity (Wildman–Crippen MR) is 99.3 cm³/mol. The van der Waals surface area contributed by atoms with Gasteiger partial charge in [0, 0.05) is 18.1 Å². The SMILES string of the molecule is CCNC(=O)O[C@@H]1CO[C@H]2[C@@H]1OC[C@@H]2NS(=O)(=O)c1cccc2cccnc12. The van der Waals surface area contributed by atoms with Gasteiger partial charge in [0.05, 0.1) is 24.8 Å². The van der Waals surface area contributed by atoms with Crippen LogP contribution in [0.2, 0.25) is 0 Å². The molecule has 150 valence electrons. The highest BCUT2D eigenvalue weighted by molar-refractivity contribution is 7.89. The lowest BCUT2D eigenvalue weighted by molar-refractivity contribution is 0.00428. The number of nitrogens with zero attached hydrogens (tertiary/aromatic N) is 1. The topological polar surface area (TPSA) is 116 Å². The van der Waals surface area contributed by atoms with Gasteiger partial charge in [0.1, 0.15) is 17.1 Å². The molecule has 0 unspecified atom stereocenters. The van der Waals surface area contributed by atoms with E-state index in [4.69, 9.17) is 14.2 Å². The summed E-state index contributed by atoms with van der Waals surface area (Å²) in [5, 5.41) is 3.28. The van der Waals surface area contributed by atoms with Crippen molar-refractivity contribution >= 4 is 27.0 Å². The fourth-order valence-corrected chi connectivity index (χ4v) is 4.96. The van der Waals surface area contributed by atoms with Crippen LogP contribution < -0.4 is 10.0 Å². The Morgan fingerprint density at radius 3 is 2.82 bits per heavy atom. The summed E-state index contributed by atoms with van der Waals surface area (Å²) in [5.74, 6) is 0. The first-order chi connectivity index (χ1) is 13.5. The third-order valence-corrected chi connectivity index (χ3v) is 6.30. The molecule has 2 N–H and O–H groups in total. The molecule has 9 nitrogen and oxygen atoms in total. The van der Waals surface area contributed by atoms with E-state index >= 15 is 0 Å². The summed E-state index contributed by atoms with van der Waals surface area (Å²) in [6.07, 6.45) is -0.617. The van der Waals surface area contributed by atoms with E-state index in [1.54, 1.807) is 37.4 Å². The number of alkyl carbamates (subject to hydrolysis) is 1. The molecule has 0 spiro atoms. The molecule has 1 aromatic heterocycles. The predicted octanol–water partition coefficient (Wildman–Crippen LogP) is 0.794. The molecule has 0 radical (unpaired) electrons. The number of nitrogens with one attached hydrogen (secondary N) is 2. The molecule has 1 amide bonds. The summed E-state index contributed by atoms with van der Waals surface area (Å²) in [4.78, 5) is 15.9. The number of aromatic nitrogens is 1. The molecule has 0 saturated carbocycles. The van der Waals surface area contributed by atoms with Gasteiger partial charge < -0.3 is 19.5 Å². The Balaban J connectivity index is 1.50. The Labute approximate surface area is 162 Å². The molecule has 28 heavy (non-hydrogen) atoms. The van der Waals surface area contributed by atoms with Crippen molar-refractivity contribution < 1.29 is 27.4 Å². The van der Waals surface area contributed by atoms with Crippen molar-refractivity contribution in [1.29, 1.82) is 0 Å². The molecule has 2 aliphatic heterocycles. The number of rotatable bonds is 5. The maximum atomic E-state index is 13.0. The van der Waals surface area contributed by atoms with Crippen molar-refractivity contribution in [3.63, 3.8) is 0 Å². The van der Waals surface area contributed by atoms with E-state index in [-0.39, 0.29) is 18.1 Å². The maximum Gasteiger partial charge on any atom is 0.407 e. The summed E-state index contributed by atoms with van der Waals surface area (Å²) in [6, 6.07) is 7.97. The zero-order valence-corrected chi connectivity index (χ0v) is 16.0. The van der Waals surface area contributed by atoms with E-state index in [1.807, 2.05) is 0 Å². The Bertz CT molecular complexity index is 977. The van der Waals surface area contributed by atoms with Gasteiger partial charge in [0.2, 0.25) is 10.0 Å². The largest absolute Gasteiger partial charge is 0.441 e. The second-order valence-electron chi connectivity index (χ2n) is 6.63. The smallest absolute Gasteiger partial charge is 0.407 e. The van der Waals surface area contributed by atoms with Crippen LogP contribution in [0, 0.1) is 0 Å². The molecule has 1 aromatic carbocycles. The Hall–Kier alpha value is -2.27. The molecule has 2 saturated heterocycles. The van der Waals surface area contributed by atoms with Crippen LogP contribution in [0.25, 0.3) is 10.9 Å². The summed E-state index contributed by atoms with van der Waals surface area (Å²) in [6.45, 7) is 2.51. The Kier molecular flexibility index (Phi) is 5.19. The lowest BCUT2D eigenvalue weighted by Crippen LogP contribution is -2.44. The number of pyridine rings is 1. The third-order valence-electron chi connectivity index (χ3n) is 4.78. The number of amides is 1. The van der Waals surface area contributed by atoms with Gasteiger partial charge in [0.15, 0.2) is 6.10 Å². The van der Waals surface area contributed by atoms with Crippen LogP contribution in [-0.4, -0.2) is 63.6 Å². The van der Waals surface area contributed by atoms with Gasteiger partial charge in [-0.25, -0.2) is 17.9 Å². The number of benzene rings is 1. The minimum Gasteiger partial charge on any atom is -0.441 e. The Morgan fingerprint density at radius 2 is 2.00 bits per heavy atom. The average molecular weight is 407 g/mol. The second kappa shape index (κ2) is 7.63. The molecule has 3 heterocycles. The van der Waals surface area contributed by atoms with Crippen molar-refractivity contribution in [2.75, 3.05) is 19.8 Å². The average Bonchev–Trinajstić information content (AvgIpc) is 3.25. The molecule has 4 rings (SSSR count). The molecule has 2 fully saturated rings. The van der Waals surface area contributed by atoms with Crippen LogP contribution in [0.1, 0.15) is 6.92 Å². The van der Waals surface area contributed by atoms with Gasteiger partial charge in [-0.2, -0.15) is 0 Å². The van der Waals surface area contributed by atoms with Crippen molar-refractivity contribution in [3.8, 4) is 0 Å². The lowest BCUT2D eigenvalue weighted by Gasteiger charge is -2.18. The van der Waals surface area contributed by atoms with Crippen molar-refractivity contribution in [2.45, 2.75) is 36.2 Å². The number of ether oxygens (including phenoxy) is 3. The van der Waals surface area contributed by atoms with Crippen LogP contribution in [0.4, 0.5) is 4.79 Å². The molecule has 0 aliphatic carbocycles. The highest BCUT2D eigenvalue weighted by Gasteiger charge is 2.50. The zero-order chi connectivity index (χ0) is 19.7. The number of fused-ring (bicyclic) bond motifs is 2. The van der Waals surface area contributed by atoms with Crippen molar-refractivity contribution in [3.05, 3.63) is 36.5 Å². The van der Waals surface area contributed by atoms with Gasteiger partial charge in [0.25, 0.3) is 0 Å². The van der Waals surface area contributed by atoms with Crippen LogP contribution in [-0.2, 0) is 24.2 Å². The van der Waals surface area contributed by atoms with Crippen LogP contribution in [0.15, 0.2) is 41.4 Å². The maximum absolute atomic E-state index is 13.0. The normalized spacial score (nSPS) is 26.9. The van der Waals surface area contributed by atoms with E-state index < -0.39 is 40.5 Å². The molecular weight excluding hydrogens is 386 g/mol. The van der Waals surface area contributed by atoms with Gasteiger partial charge in [-0.15, -0.1) is 0 Å². The van der Waals surface area contributed by atoms with Crippen molar-refractivity contribution in [2.24, 2.45) is 0 Å². The van der Waals surface area contributed by atoms with Crippen LogP contribution in [0.3, 0.4) is 0 Å². The number of hydrogen-bond donors (Lipinski definition) is 2. The van der Waals surface area contributed by atoms with E-state index in [0.717, 1.165) is 5.39 Å². The molecule has 10 heteroatoms. The zero-order valence-electron chi connectivity index (χ0n) is 15.2. The van der Waals surface area contributed by atoms with E-state index in [9.17, 15) is 13.2 Å². The lowest BCUT2D eigenvalue weighted by atomic mass is 10.1. The summed E-state index contributed by atoms with van der Waals surface area (Å²) in [5.41, 5.74) is 0.401. The quantitative estimate of drug-likeness (QED) is 0.753. The summed E-state index contributed by atoms with van der Waals surface area (Å²) >= 11 is 0. The number of para-hydroxylation sites is 1. The Morgan fingerprint density at radius 1 is 1.21 bits per heavy atom. The highest BCUT2D eigenvalue weighted by Crippen LogP contribution is 2.30. The molecule has 4 atom stereocenters. The van der Waals surface area contributed by atoms with E-state index in [1.165, 1.54) is 6.07 Å². The highest BCUT2D eigenvalue weighted by atomic mass is 32.2. The van der Waals surface area contributed by atoms with Gasteiger partial charge in [-0.1, -0.05) is 18.2 Å². The number of hydrogen-bond acceptors (Lipinski definition) is 7. The first-order valence-electron chi connectivity index (χ1n) is 9.03. The molecule has 0 bridgehead atoms. The van der Waals surface area contributed by atoms with Gasteiger partial charge in [-0.05, 0) is 19.1 Å². The summed E-state index contributed by atoms with van der Waals surface area (Å²) < 4.78 is 45.3. The molecule has 2 aromatic rings. The third kappa shape index (κ3) is 3.55. The van der Waals surface area contributed by atoms with Crippen LogP contribution >= 0.6 is 0 Å². The van der Waals surface area contributed by atoms with E-state index in [0.29, 0.717) is 12.1 Å². The molecule has 2 aliphatic rings. The molecular formula is C18H21N3O6S. The standard InChI is InChI=1S/C18H21N3O6S/c1-2-19-18(22)27-13-10-26-16-12(9-25-17(13)16)21-28(23,24)14-7-3-5-11-6-4-8-20-15(11)14/h3-8,12-13,16-17,21H,2,9-10H2,1H3,(H,19,22)/t12-,13+,16+,17+/m0/s1. The van der Waals surface area contributed by atoms with Crippen molar-refractivity contribution in [1.82, 2.24) is 15.0 Å². The summed E-state index contributed by atoms with van der Waals surface area (Å²) in [7, 11) is -3.85. The number of sulfonamides is 1. The number of carbonyl (C=O) groups is 1. The monoisotopic (exact) mass is 407 g/mol. The minimum absolute atomic E-state index is 0.0992. The van der Waals surface area contributed by atoms with Gasteiger partial charge >= 0.3 is 6.09 Å². The van der Waals surface area contributed by atoms with E-state index in [2.05, 4.69) is 15.0 Å². The second-order valence-corrected chi connectivity index (χ2v) is 8.31.